The molecule has 0 amide bonds. The van der Waals surface area contributed by atoms with Crippen LogP contribution in [0.2, 0.25) is 0 Å². The molecule has 2 aromatic carbocycles. The monoisotopic (exact) mass is 469 g/mol. The van der Waals surface area contributed by atoms with Gasteiger partial charge >= 0.3 is 0 Å². The van der Waals surface area contributed by atoms with Crippen LogP contribution in [0.5, 0.6) is 28.7 Å². The summed E-state index contributed by atoms with van der Waals surface area (Å²) in [4.78, 5) is 5.25. The van der Waals surface area contributed by atoms with Gasteiger partial charge in [0.2, 0.25) is 10.6 Å². The normalized spacial score (nSPS) is 11.6. The first-order valence-corrected chi connectivity index (χ1v) is 11.1. The van der Waals surface area contributed by atoms with Gasteiger partial charge in [0, 0.05) is 10.9 Å². The second-order valence-corrected chi connectivity index (χ2v) is 7.50. The Morgan fingerprint density at radius 2 is 1.79 bits per heavy atom. The van der Waals surface area contributed by atoms with E-state index in [0.717, 1.165) is 16.8 Å². The summed E-state index contributed by atoms with van der Waals surface area (Å²) in [6.45, 7) is 6.51. The Hall–Kier alpha value is -3.72. The molecule has 0 fully saturated rings. The number of aromatic nitrogens is 1. The van der Waals surface area contributed by atoms with Crippen molar-refractivity contribution in [2.24, 2.45) is 10.1 Å². The molecule has 0 spiro atoms. The van der Waals surface area contributed by atoms with Crippen molar-refractivity contribution in [3.05, 3.63) is 58.7 Å². The van der Waals surface area contributed by atoms with Gasteiger partial charge in [-0.25, -0.2) is 4.68 Å². The number of phenols is 1. The van der Waals surface area contributed by atoms with Gasteiger partial charge in [-0.05, 0) is 42.8 Å². The molecule has 1 aromatic heterocycles. The lowest BCUT2D eigenvalue weighted by atomic mass is 10.1. The smallest absolute Gasteiger partial charge is 0.206 e. The molecule has 174 valence electrons. The van der Waals surface area contributed by atoms with Crippen LogP contribution in [0, 0.1) is 0 Å². The van der Waals surface area contributed by atoms with E-state index in [9.17, 15) is 5.11 Å². The van der Waals surface area contributed by atoms with Crippen molar-refractivity contribution >= 4 is 17.6 Å². The summed E-state index contributed by atoms with van der Waals surface area (Å²) >= 11 is 1.45. The maximum absolute atomic E-state index is 9.96. The number of methoxy groups -OCH3 is 3. The van der Waals surface area contributed by atoms with Gasteiger partial charge in [-0.15, -0.1) is 17.9 Å². The van der Waals surface area contributed by atoms with E-state index >= 15 is 0 Å². The van der Waals surface area contributed by atoms with Gasteiger partial charge in [-0.3, -0.25) is 4.99 Å². The van der Waals surface area contributed by atoms with Crippen molar-refractivity contribution in [1.29, 1.82) is 0 Å². The predicted molar refractivity (Wildman–Crippen MR) is 130 cm³/mol. The highest BCUT2D eigenvalue weighted by Crippen LogP contribution is 2.41. The summed E-state index contributed by atoms with van der Waals surface area (Å²) in [5.41, 5.74) is 2.38. The zero-order chi connectivity index (χ0) is 23.8. The fraction of sp³-hybridized carbons (Fsp3) is 0.250. The summed E-state index contributed by atoms with van der Waals surface area (Å²) in [7, 11) is 4.72. The number of thiazole rings is 1. The van der Waals surface area contributed by atoms with Crippen molar-refractivity contribution < 1.29 is 24.1 Å². The van der Waals surface area contributed by atoms with Crippen molar-refractivity contribution in [1.82, 2.24) is 4.68 Å². The second kappa shape index (κ2) is 11.2. The lowest BCUT2D eigenvalue weighted by Crippen LogP contribution is -2.12. The molecule has 0 atom stereocenters. The van der Waals surface area contributed by atoms with Gasteiger partial charge in [0.15, 0.2) is 23.0 Å². The SMILES string of the molecule is C=CCN=c1scc(-c2cc(OC)c(OC)c(OC)c2)n1N=Cc1ccc(O)c(OCC)c1. The Balaban J connectivity index is 2.13. The number of phenolic OH excluding ortho intramolecular Hbond substituents is 1. The van der Waals surface area contributed by atoms with Crippen LogP contribution in [-0.4, -0.2) is 50.5 Å². The molecule has 1 heterocycles. The molecule has 0 aliphatic heterocycles. The summed E-state index contributed by atoms with van der Waals surface area (Å²) in [6, 6.07) is 8.79. The minimum absolute atomic E-state index is 0.0805. The average molecular weight is 470 g/mol. The second-order valence-electron chi connectivity index (χ2n) is 6.66. The van der Waals surface area contributed by atoms with Gasteiger partial charge in [0.05, 0.1) is 46.4 Å². The molecule has 9 heteroatoms. The van der Waals surface area contributed by atoms with Crippen molar-refractivity contribution in [2.75, 3.05) is 34.5 Å². The van der Waals surface area contributed by atoms with Crippen molar-refractivity contribution in [3.63, 3.8) is 0 Å². The lowest BCUT2D eigenvalue weighted by Gasteiger charge is -2.14. The van der Waals surface area contributed by atoms with Crippen LogP contribution in [0.3, 0.4) is 0 Å². The molecule has 8 nitrogen and oxygen atoms in total. The Morgan fingerprint density at radius 1 is 1.06 bits per heavy atom. The van der Waals surface area contributed by atoms with E-state index in [0.29, 0.717) is 41.0 Å². The van der Waals surface area contributed by atoms with Crippen LogP contribution >= 0.6 is 11.3 Å². The molecule has 0 saturated carbocycles. The molecule has 0 aliphatic rings. The standard InChI is InChI=1S/C24H27N3O5S/c1-6-10-25-24-27(26-14-16-8-9-19(28)20(11-16)32-7-2)18(15-33-24)17-12-21(29-3)23(31-5)22(13-17)30-4/h6,8-9,11-15,28H,1,7,10H2,2-5H3. The largest absolute Gasteiger partial charge is 0.504 e. The summed E-state index contributed by atoms with van der Waals surface area (Å²) in [5, 5.41) is 16.6. The highest BCUT2D eigenvalue weighted by molar-refractivity contribution is 7.07. The first-order chi connectivity index (χ1) is 16.1. The summed E-state index contributed by atoms with van der Waals surface area (Å²) in [5.74, 6) is 2.07. The zero-order valence-electron chi connectivity index (χ0n) is 19.1. The van der Waals surface area contributed by atoms with Crippen LogP contribution in [-0.2, 0) is 0 Å². The molecule has 0 unspecified atom stereocenters. The number of ether oxygens (including phenoxy) is 4. The number of aromatic hydroxyl groups is 1. The first kappa shape index (κ1) is 23.9. The fourth-order valence-electron chi connectivity index (χ4n) is 3.10. The summed E-state index contributed by atoms with van der Waals surface area (Å²) in [6.07, 6.45) is 3.41. The van der Waals surface area contributed by atoms with E-state index < -0.39 is 0 Å². The number of rotatable bonds is 10. The third-order valence-corrected chi connectivity index (χ3v) is 5.46. The van der Waals surface area contributed by atoms with E-state index in [1.807, 2.05) is 24.4 Å². The minimum Gasteiger partial charge on any atom is -0.504 e. The molecule has 0 saturated heterocycles. The van der Waals surface area contributed by atoms with Crippen LogP contribution in [0.1, 0.15) is 12.5 Å². The van der Waals surface area contributed by atoms with Gasteiger partial charge < -0.3 is 24.1 Å². The number of benzene rings is 2. The highest BCUT2D eigenvalue weighted by Gasteiger charge is 2.17. The minimum atomic E-state index is 0.0805. The Bertz CT molecular complexity index is 1190. The third kappa shape index (κ3) is 5.38. The van der Waals surface area contributed by atoms with Crippen LogP contribution in [0.4, 0.5) is 0 Å². The molecule has 33 heavy (non-hydrogen) atoms. The summed E-state index contributed by atoms with van der Waals surface area (Å²) < 4.78 is 23.7. The third-order valence-electron chi connectivity index (χ3n) is 4.61. The molecular weight excluding hydrogens is 442 g/mol. The molecule has 0 bridgehead atoms. The molecule has 3 rings (SSSR count). The average Bonchev–Trinajstić information content (AvgIpc) is 3.24. The molecule has 0 radical (unpaired) electrons. The van der Waals surface area contributed by atoms with Gasteiger partial charge in [0.25, 0.3) is 0 Å². The van der Waals surface area contributed by atoms with Crippen molar-refractivity contribution in [3.8, 4) is 40.0 Å². The Labute approximate surface area is 196 Å². The maximum atomic E-state index is 9.96. The lowest BCUT2D eigenvalue weighted by molar-refractivity contribution is 0.318. The van der Waals surface area contributed by atoms with Gasteiger partial charge in [0.1, 0.15) is 0 Å². The topological polar surface area (TPSA) is 86.8 Å². The van der Waals surface area contributed by atoms with Gasteiger partial charge in [-0.1, -0.05) is 6.08 Å². The molecule has 1 N–H and O–H groups in total. The van der Waals surface area contributed by atoms with Gasteiger partial charge in [-0.2, -0.15) is 5.10 Å². The van der Waals surface area contributed by atoms with E-state index in [-0.39, 0.29) is 5.75 Å². The molecule has 3 aromatic rings. The Morgan fingerprint density at radius 3 is 2.39 bits per heavy atom. The number of nitrogens with zero attached hydrogens (tertiary/aromatic N) is 3. The van der Waals surface area contributed by atoms with Crippen LogP contribution in [0.25, 0.3) is 11.3 Å². The van der Waals surface area contributed by atoms with Crippen molar-refractivity contribution in [2.45, 2.75) is 6.92 Å². The quantitative estimate of drug-likeness (QED) is 0.353. The van der Waals surface area contributed by atoms with Crippen LogP contribution < -0.4 is 23.7 Å². The van der Waals surface area contributed by atoms with Crippen LogP contribution in [0.15, 0.2) is 58.5 Å². The maximum Gasteiger partial charge on any atom is 0.206 e. The fourth-order valence-corrected chi connectivity index (χ4v) is 3.94. The van der Waals surface area contributed by atoms with E-state index in [1.54, 1.807) is 56.5 Å². The first-order valence-electron chi connectivity index (χ1n) is 10.2. The predicted octanol–water partition coefficient (Wildman–Crippen LogP) is 4.32. The van der Waals surface area contributed by atoms with E-state index in [1.165, 1.54) is 11.3 Å². The van der Waals surface area contributed by atoms with E-state index in [2.05, 4.69) is 16.7 Å². The number of hydrogen-bond donors (Lipinski definition) is 1. The highest BCUT2D eigenvalue weighted by atomic mass is 32.1. The Kier molecular flexibility index (Phi) is 8.15. The molecule has 0 aliphatic carbocycles. The number of hydrogen-bond acceptors (Lipinski definition) is 8. The molecular formula is C24H27N3O5S. The zero-order valence-corrected chi connectivity index (χ0v) is 19.9. The van der Waals surface area contributed by atoms with E-state index in [4.69, 9.17) is 18.9 Å².